The van der Waals surface area contributed by atoms with Crippen molar-refractivity contribution >= 4 is 34.6 Å². The number of carboxylic acid groups (broad SMARTS) is 1. The number of carboxylic acids is 1. The van der Waals surface area contributed by atoms with Gasteiger partial charge in [0.1, 0.15) is 23.8 Å². The average Bonchev–Trinajstić information content (AvgIpc) is 3.39. The lowest BCUT2D eigenvalue weighted by molar-refractivity contribution is -0.142. The summed E-state index contributed by atoms with van der Waals surface area (Å²) in [5, 5.41) is 18.7. The molecule has 0 unspecified atom stereocenters. The number of fused-ring (bicyclic) bond motifs is 1. The number of aromatic nitrogens is 3. The van der Waals surface area contributed by atoms with Crippen LogP contribution in [0.4, 0.5) is 0 Å². The van der Waals surface area contributed by atoms with E-state index in [9.17, 15) is 24.3 Å². The number of para-hydroxylation sites is 1. The lowest BCUT2D eigenvalue weighted by Gasteiger charge is -2.25. The van der Waals surface area contributed by atoms with Crippen LogP contribution in [0.25, 0.3) is 10.9 Å². The summed E-state index contributed by atoms with van der Waals surface area (Å²) in [4.78, 5) is 63.3. The third-order valence-electron chi connectivity index (χ3n) is 6.75. The van der Waals surface area contributed by atoms with Crippen molar-refractivity contribution in [1.82, 2.24) is 30.9 Å². The molecule has 2 aromatic heterocycles. The Morgan fingerprint density at radius 1 is 0.833 bits per heavy atom. The fraction of sp³-hybridized carbons (Fsp3) is 0.290. The Balaban J connectivity index is 1.61. The minimum atomic E-state index is -1.16. The van der Waals surface area contributed by atoms with Gasteiger partial charge >= 0.3 is 5.97 Å². The minimum absolute atomic E-state index is 0.0189. The van der Waals surface area contributed by atoms with E-state index in [0.717, 1.165) is 22.0 Å². The van der Waals surface area contributed by atoms with Gasteiger partial charge in [-0.15, -0.1) is 0 Å². The van der Waals surface area contributed by atoms with Crippen LogP contribution in [0.1, 0.15) is 41.9 Å². The highest BCUT2D eigenvalue weighted by atomic mass is 16.4. The van der Waals surface area contributed by atoms with Gasteiger partial charge in [-0.3, -0.25) is 19.4 Å². The summed E-state index contributed by atoms with van der Waals surface area (Å²) in [6.45, 7) is 3.72. The van der Waals surface area contributed by atoms with Crippen LogP contribution in [-0.2, 0) is 27.2 Å². The largest absolute Gasteiger partial charge is 0.480 e. The average molecular weight is 571 g/mol. The van der Waals surface area contributed by atoms with E-state index in [4.69, 9.17) is 0 Å². The van der Waals surface area contributed by atoms with Gasteiger partial charge in [0.05, 0.1) is 6.20 Å². The second kappa shape index (κ2) is 14.0. The van der Waals surface area contributed by atoms with Crippen molar-refractivity contribution < 1.29 is 24.3 Å². The molecule has 4 aromatic rings. The summed E-state index contributed by atoms with van der Waals surface area (Å²) in [7, 11) is 0. The summed E-state index contributed by atoms with van der Waals surface area (Å²) in [5.74, 6) is -2.98. The van der Waals surface area contributed by atoms with Gasteiger partial charge in [0.2, 0.25) is 11.8 Å². The number of nitrogens with one attached hydrogen (secondary N) is 4. The molecule has 0 radical (unpaired) electrons. The van der Waals surface area contributed by atoms with Gasteiger partial charge < -0.3 is 26.0 Å². The van der Waals surface area contributed by atoms with Crippen molar-refractivity contribution in [2.75, 3.05) is 0 Å². The van der Waals surface area contributed by atoms with Crippen LogP contribution < -0.4 is 16.0 Å². The molecule has 0 spiro atoms. The molecule has 0 fully saturated rings. The third-order valence-corrected chi connectivity index (χ3v) is 6.75. The van der Waals surface area contributed by atoms with E-state index in [2.05, 4.69) is 30.9 Å². The number of benzene rings is 2. The summed E-state index contributed by atoms with van der Waals surface area (Å²) in [5.41, 5.74) is 2.46. The fourth-order valence-corrected chi connectivity index (χ4v) is 4.67. The molecule has 3 amide bonds. The van der Waals surface area contributed by atoms with Gasteiger partial charge in [-0.2, -0.15) is 0 Å². The highest BCUT2D eigenvalue weighted by Crippen LogP contribution is 2.19. The van der Waals surface area contributed by atoms with E-state index in [1.807, 2.05) is 68.4 Å². The maximum Gasteiger partial charge on any atom is 0.326 e. The molecule has 2 aromatic carbocycles. The normalized spacial score (nSPS) is 13.2. The van der Waals surface area contributed by atoms with E-state index in [-0.39, 0.29) is 30.9 Å². The summed E-state index contributed by atoms with van der Waals surface area (Å²) >= 11 is 0. The summed E-state index contributed by atoms with van der Waals surface area (Å²) < 4.78 is 0. The van der Waals surface area contributed by atoms with Gasteiger partial charge in [0.15, 0.2) is 0 Å². The number of rotatable bonds is 13. The summed E-state index contributed by atoms with van der Waals surface area (Å²) in [6.07, 6.45) is 6.34. The SMILES string of the molecule is CC(C)C[C@H](NC(=O)[C@H](Cc1ccccc1)NC(=O)[C@H](Cc1c[nH]c2ccccc12)NC(=O)c1cnccn1)C(=O)O. The number of carbonyl (C=O) groups is 4. The quantitative estimate of drug-likeness (QED) is 0.165. The van der Waals surface area contributed by atoms with Crippen LogP contribution >= 0.6 is 0 Å². The second-order valence-electron chi connectivity index (χ2n) is 10.5. The van der Waals surface area contributed by atoms with Crippen LogP contribution in [0.3, 0.4) is 0 Å². The molecule has 11 nitrogen and oxygen atoms in total. The first-order chi connectivity index (χ1) is 20.2. The van der Waals surface area contributed by atoms with Crippen molar-refractivity contribution in [1.29, 1.82) is 0 Å². The van der Waals surface area contributed by atoms with Gasteiger partial charge in [-0.25, -0.2) is 9.78 Å². The zero-order valence-electron chi connectivity index (χ0n) is 23.4. The van der Waals surface area contributed by atoms with Crippen molar-refractivity contribution in [3.05, 3.63) is 96.2 Å². The zero-order chi connectivity index (χ0) is 30.1. The van der Waals surface area contributed by atoms with E-state index in [1.165, 1.54) is 18.6 Å². The zero-order valence-corrected chi connectivity index (χ0v) is 23.4. The van der Waals surface area contributed by atoms with Crippen LogP contribution in [0, 0.1) is 5.92 Å². The third kappa shape index (κ3) is 8.00. The highest BCUT2D eigenvalue weighted by Gasteiger charge is 2.31. The Hall–Kier alpha value is -5.06. The number of amides is 3. The first kappa shape index (κ1) is 29.9. The Labute approximate surface area is 243 Å². The predicted molar refractivity (Wildman–Crippen MR) is 156 cm³/mol. The Bertz CT molecular complexity index is 1520. The molecule has 0 aliphatic rings. The maximum absolute atomic E-state index is 13.8. The van der Waals surface area contributed by atoms with Gasteiger partial charge in [-0.1, -0.05) is 62.4 Å². The van der Waals surface area contributed by atoms with Crippen molar-refractivity contribution in [3.8, 4) is 0 Å². The molecule has 2 heterocycles. The molecule has 0 bridgehead atoms. The van der Waals surface area contributed by atoms with Gasteiger partial charge in [-0.05, 0) is 29.5 Å². The molecule has 4 rings (SSSR count). The monoisotopic (exact) mass is 570 g/mol. The summed E-state index contributed by atoms with van der Waals surface area (Å²) in [6, 6.07) is 13.4. The smallest absolute Gasteiger partial charge is 0.326 e. The van der Waals surface area contributed by atoms with Crippen LogP contribution in [0.15, 0.2) is 79.4 Å². The van der Waals surface area contributed by atoms with E-state index < -0.39 is 41.8 Å². The Morgan fingerprint density at radius 3 is 2.17 bits per heavy atom. The molecule has 0 saturated heterocycles. The van der Waals surface area contributed by atoms with Gasteiger partial charge in [0.25, 0.3) is 5.91 Å². The first-order valence-electron chi connectivity index (χ1n) is 13.7. The van der Waals surface area contributed by atoms with Crippen molar-refractivity contribution in [3.63, 3.8) is 0 Å². The number of H-pyrrole nitrogens is 1. The van der Waals surface area contributed by atoms with Crippen LogP contribution in [0.5, 0.6) is 0 Å². The standard InChI is InChI=1S/C31H34N6O5/c1-19(2)14-26(31(41)42)37-28(38)24(15-20-8-4-3-5-9-20)35-29(39)25(36-30(40)27-18-32-12-13-33-27)16-21-17-34-23-11-7-6-10-22(21)23/h3-13,17-19,24-26,34H,14-16H2,1-2H3,(H,35,39)(H,36,40)(H,37,38)(H,41,42)/t24-,25-,26-/m0/s1. The molecule has 218 valence electrons. The van der Waals surface area contributed by atoms with Gasteiger partial charge in [0, 0.05) is 42.3 Å². The number of nitrogens with zero attached hydrogens (tertiary/aromatic N) is 2. The number of aromatic amines is 1. The molecule has 3 atom stereocenters. The molecule has 42 heavy (non-hydrogen) atoms. The first-order valence-corrected chi connectivity index (χ1v) is 13.7. The number of hydrogen-bond donors (Lipinski definition) is 5. The Morgan fingerprint density at radius 2 is 1.50 bits per heavy atom. The lowest BCUT2D eigenvalue weighted by atomic mass is 10.0. The Kier molecular flexibility index (Phi) is 9.99. The lowest BCUT2D eigenvalue weighted by Crippen LogP contribution is -2.57. The number of carbonyl (C=O) groups excluding carboxylic acids is 3. The van der Waals surface area contributed by atoms with E-state index in [0.29, 0.717) is 0 Å². The second-order valence-corrected chi connectivity index (χ2v) is 10.5. The van der Waals surface area contributed by atoms with E-state index >= 15 is 0 Å². The van der Waals surface area contributed by atoms with Crippen molar-refractivity contribution in [2.45, 2.75) is 51.2 Å². The van der Waals surface area contributed by atoms with Crippen LogP contribution in [-0.4, -0.2) is 61.9 Å². The number of hydrogen-bond acceptors (Lipinski definition) is 6. The van der Waals surface area contributed by atoms with E-state index in [1.54, 1.807) is 6.20 Å². The molecule has 0 aliphatic heterocycles. The van der Waals surface area contributed by atoms with Crippen molar-refractivity contribution in [2.24, 2.45) is 5.92 Å². The highest BCUT2D eigenvalue weighted by molar-refractivity contribution is 5.98. The fourth-order valence-electron chi connectivity index (χ4n) is 4.67. The maximum atomic E-state index is 13.8. The molecule has 0 aliphatic carbocycles. The molecule has 11 heteroatoms. The topological polar surface area (TPSA) is 166 Å². The minimum Gasteiger partial charge on any atom is -0.480 e. The molecular weight excluding hydrogens is 536 g/mol. The number of aliphatic carboxylic acids is 1. The molecule has 0 saturated carbocycles. The molecule has 5 N–H and O–H groups in total. The molecular formula is C31H34N6O5. The van der Waals surface area contributed by atoms with Crippen LogP contribution in [0.2, 0.25) is 0 Å². The predicted octanol–water partition coefficient (Wildman–Crippen LogP) is 2.64.